The van der Waals surface area contributed by atoms with Crippen molar-refractivity contribution in [3.63, 3.8) is 0 Å². The Bertz CT molecular complexity index is 587. The van der Waals surface area contributed by atoms with Crippen LogP contribution >= 0.6 is 11.3 Å². The minimum atomic E-state index is 0.101. The predicted molar refractivity (Wildman–Crippen MR) is 74.0 cm³/mol. The van der Waals surface area contributed by atoms with E-state index in [1.807, 2.05) is 25.1 Å². The van der Waals surface area contributed by atoms with Crippen LogP contribution in [0.4, 0.5) is 5.69 Å². The summed E-state index contributed by atoms with van der Waals surface area (Å²) >= 11 is 1.65. The average molecular weight is 261 g/mol. The van der Waals surface area contributed by atoms with Crippen molar-refractivity contribution in [3.8, 4) is 0 Å². The highest BCUT2D eigenvalue weighted by Crippen LogP contribution is 2.25. The SMILES string of the molecule is Cc1nc2ccc(NC(=O)C3CCNC3)cc2s1. The third-order valence-electron chi connectivity index (χ3n) is 3.19. The maximum atomic E-state index is 12.0. The highest BCUT2D eigenvalue weighted by atomic mass is 32.1. The van der Waals surface area contributed by atoms with Crippen molar-refractivity contribution in [2.45, 2.75) is 13.3 Å². The number of anilines is 1. The lowest BCUT2D eigenvalue weighted by molar-refractivity contribution is -0.119. The van der Waals surface area contributed by atoms with Gasteiger partial charge in [0.1, 0.15) is 0 Å². The lowest BCUT2D eigenvalue weighted by Crippen LogP contribution is -2.24. The first-order valence-electron chi connectivity index (χ1n) is 6.11. The molecular formula is C13H15N3OS. The lowest BCUT2D eigenvalue weighted by atomic mass is 10.1. The molecule has 1 aliphatic rings. The molecule has 0 radical (unpaired) electrons. The van der Waals surface area contributed by atoms with Gasteiger partial charge in [-0.1, -0.05) is 0 Å². The summed E-state index contributed by atoms with van der Waals surface area (Å²) in [5.41, 5.74) is 1.86. The molecule has 3 rings (SSSR count). The molecule has 1 fully saturated rings. The Labute approximate surface area is 109 Å². The quantitative estimate of drug-likeness (QED) is 0.871. The Morgan fingerprint density at radius 1 is 1.56 bits per heavy atom. The van der Waals surface area contributed by atoms with Crippen LogP contribution in [0, 0.1) is 12.8 Å². The van der Waals surface area contributed by atoms with Crippen LogP contribution in [0.2, 0.25) is 0 Å². The number of benzene rings is 1. The molecule has 2 aromatic rings. The van der Waals surface area contributed by atoms with Crippen molar-refractivity contribution in [3.05, 3.63) is 23.2 Å². The van der Waals surface area contributed by atoms with E-state index in [-0.39, 0.29) is 11.8 Å². The number of nitrogens with one attached hydrogen (secondary N) is 2. The van der Waals surface area contributed by atoms with Crippen LogP contribution in [0.15, 0.2) is 18.2 Å². The van der Waals surface area contributed by atoms with Crippen LogP contribution in [0.25, 0.3) is 10.2 Å². The van der Waals surface area contributed by atoms with Crippen LogP contribution in [0.1, 0.15) is 11.4 Å². The zero-order chi connectivity index (χ0) is 12.5. The van der Waals surface area contributed by atoms with Crippen molar-refractivity contribution < 1.29 is 4.79 Å². The molecule has 18 heavy (non-hydrogen) atoms. The summed E-state index contributed by atoms with van der Waals surface area (Å²) in [6.07, 6.45) is 0.924. The summed E-state index contributed by atoms with van der Waals surface area (Å²) in [7, 11) is 0. The Hall–Kier alpha value is -1.46. The smallest absolute Gasteiger partial charge is 0.228 e. The van der Waals surface area contributed by atoms with Crippen molar-refractivity contribution in [2.24, 2.45) is 5.92 Å². The van der Waals surface area contributed by atoms with Gasteiger partial charge in [-0.15, -0.1) is 11.3 Å². The Kier molecular flexibility index (Phi) is 3.01. The second kappa shape index (κ2) is 4.66. The third kappa shape index (κ3) is 2.23. The maximum absolute atomic E-state index is 12.0. The number of aryl methyl sites for hydroxylation is 1. The molecule has 0 aliphatic carbocycles. The molecule has 2 heterocycles. The Morgan fingerprint density at radius 3 is 3.22 bits per heavy atom. The molecule has 1 aliphatic heterocycles. The molecule has 1 amide bonds. The number of fused-ring (bicyclic) bond motifs is 1. The summed E-state index contributed by atoms with van der Waals surface area (Å²) in [4.78, 5) is 16.4. The first-order chi connectivity index (χ1) is 8.72. The number of nitrogens with zero attached hydrogens (tertiary/aromatic N) is 1. The van der Waals surface area contributed by atoms with Crippen LogP contribution in [-0.2, 0) is 4.79 Å². The second-order valence-corrected chi connectivity index (χ2v) is 5.83. The van der Waals surface area contributed by atoms with Gasteiger partial charge < -0.3 is 10.6 Å². The second-order valence-electron chi connectivity index (χ2n) is 4.59. The van der Waals surface area contributed by atoms with Gasteiger partial charge >= 0.3 is 0 Å². The highest BCUT2D eigenvalue weighted by molar-refractivity contribution is 7.18. The van der Waals surface area contributed by atoms with E-state index < -0.39 is 0 Å². The number of thiazole rings is 1. The third-order valence-corrected chi connectivity index (χ3v) is 4.13. The van der Waals surface area contributed by atoms with E-state index in [2.05, 4.69) is 15.6 Å². The molecule has 4 nitrogen and oxygen atoms in total. The van der Waals surface area contributed by atoms with Crippen LogP contribution in [-0.4, -0.2) is 24.0 Å². The highest BCUT2D eigenvalue weighted by Gasteiger charge is 2.22. The number of rotatable bonds is 2. The molecule has 94 valence electrons. The predicted octanol–water partition coefficient (Wildman–Crippen LogP) is 2.15. The first kappa shape index (κ1) is 11.6. The van der Waals surface area contributed by atoms with E-state index in [0.29, 0.717) is 0 Å². The van der Waals surface area contributed by atoms with Gasteiger partial charge in [-0.3, -0.25) is 4.79 Å². The van der Waals surface area contributed by atoms with Gasteiger partial charge in [0, 0.05) is 12.2 Å². The normalized spacial score (nSPS) is 19.3. The summed E-state index contributed by atoms with van der Waals surface area (Å²) in [6.45, 7) is 3.71. The fourth-order valence-corrected chi connectivity index (χ4v) is 3.11. The number of amides is 1. The Morgan fingerprint density at radius 2 is 2.44 bits per heavy atom. The van der Waals surface area contributed by atoms with Crippen LogP contribution in [0.5, 0.6) is 0 Å². The number of carbonyl (C=O) groups is 1. The summed E-state index contributed by atoms with van der Waals surface area (Å²) < 4.78 is 1.12. The van der Waals surface area contributed by atoms with Crippen molar-refractivity contribution in [1.29, 1.82) is 0 Å². The Balaban J connectivity index is 1.79. The first-order valence-corrected chi connectivity index (χ1v) is 6.93. The molecule has 1 unspecified atom stereocenters. The van der Waals surface area contributed by atoms with Crippen molar-refractivity contribution >= 4 is 33.1 Å². The molecule has 0 saturated carbocycles. The van der Waals surface area contributed by atoms with E-state index in [1.165, 1.54) is 0 Å². The van der Waals surface area contributed by atoms with Gasteiger partial charge in [0.15, 0.2) is 0 Å². The monoisotopic (exact) mass is 261 g/mol. The average Bonchev–Trinajstić information content (AvgIpc) is 2.95. The van der Waals surface area contributed by atoms with Gasteiger partial charge in [0.2, 0.25) is 5.91 Å². The van der Waals surface area contributed by atoms with Gasteiger partial charge in [-0.05, 0) is 38.1 Å². The number of carbonyl (C=O) groups excluding carboxylic acids is 1. The standard InChI is InChI=1S/C13H15N3OS/c1-8-15-11-3-2-10(6-12(11)18-8)16-13(17)9-4-5-14-7-9/h2-3,6,9,14H,4-5,7H2,1H3,(H,16,17). The fraction of sp³-hybridized carbons (Fsp3) is 0.385. The van der Waals surface area contributed by atoms with Gasteiger partial charge in [0.05, 0.1) is 21.1 Å². The van der Waals surface area contributed by atoms with Gasteiger partial charge in [-0.25, -0.2) is 4.98 Å². The molecule has 1 aromatic carbocycles. The minimum absolute atomic E-state index is 0.101. The van der Waals surface area contributed by atoms with Crippen molar-refractivity contribution in [1.82, 2.24) is 10.3 Å². The molecular weight excluding hydrogens is 246 g/mol. The maximum Gasteiger partial charge on any atom is 0.228 e. The molecule has 1 aromatic heterocycles. The summed E-state index contributed by atoms with van der Waals surface area (Å²) in [5, 5.41) is 7.24. The van der Waals surface area contributed by atoms with E-state index in [0.717, 1.165) is 40.4 Å². The lowest BCUT2D eigenvalue weighted by Gasteiger charge is -2.09. The zero-order valence-electron chi connectivity index (χ0n) is 10.2. The minimum Gasteiger partial charge on any atom is -0.326 e. The largest absolute Gasteiger partial charge is 0.326 e. The number of aromatic nitrogens is 1. The van der Waals surface area contributed by atoms with Crippen LogP contribution in [0.3, 0.4) is 0 Å². The topological polar surface area (TPSA) is 54.0 Å². The molecule has 0 spiro atoms. The van der Waals surface area contributed by atoms with E-state index in [9.17, 15) is 4.79 Å². The molecule has 1 atom stereocenters. The fourth-order valence-electron chi connectivity index (χ4n) is 2.24. The van der Waals surface area contributed by atoms with E-state index >= 15 is 0 Å². The molecule has 5 heteroatoms. The van der Waals surface area contributed by atoms with Crippen LogP contribution < -0.4 is 10.6 Å². The number of hydrogen-bond acceptors (Lipinski definition) is 4. The van der Waals surface area contributed by atoms with Crippen molar-refractivity contribution in [2.75, 3.05) is 18.4 Å². The van der Waals surface area contributed by atoms with Gasteiger partial charge in [-0.2, -0.15) is 0 Å². The van der Waals surface area contributed by atoms with Gasteiger partial charge in [0.25, 0.3) is 0 Å². The summed E-state index contributed by atoms with van der Waals surface area (Å²) in [5.74, 6) is 0.212. The molecule has 1 saturated heterocycles. The number of hydrogen-bond donors (Lipinski definition) is 2. The molecule has 0 bridgehead atoms. The van der Waals surface area contributed by atoms with E-state index in [1.54, 1.807) is 11.3 Å². The van der Waals surface area contributed by atoms with E-state index in [4.69, 9.17) is 0 Å². The zero-order valence-corrected chi connectivity index (χ0v) is 11.0. The molecule has 2 N–H and O–H groups in total. The summed E-state index contributed by atoms with van der Waals surface area (Å²) in [6, 6.07) is 5.88.